The Hall–Kier alpha value is -0.0675. The van der Waals surface area contributed by atoms with Crippen LogP contribution in [0.1, 0.15) is 7.43 Å². The molecule has 0 atom stereocenters. The Kier molecular flexibility index (Phi) is 6.98. The third-order valence-electron chi connectivity index (χ3n) is 0. The van der Waals surface area contributed by atoms with Gasteiger partial charge in [0, 0.05) is 0 Å². The number of nitro groups is 1. The highest BCUT2D eigenvalue weighted by molar-refractivity contribution is 5.95. The van der Waals surface area contributed by atoms with E-state index in [-0.39, 0.29) is 27.8 Å². The fraction of sp³-hybridized carbons (Fsp3) is 1.00. The van der Waals surface area contributed by atoms with Crippen LogP contribution in [0.4, 0.5) is 0 Å². The highest BCUT2D eigenvalue weighted by atomic mass is 27.1. The van der Waals surface area contributed by atoms with Gasteiger partial charge in [-0.1, -0.05) is 7.43 Å². The van der Waals surface area contributed by atoms with Crippen molar-refractivity contribution < 1.29 is 3.91 Å². The molecule has 0 saturated carbocycles. The molecule has 0 bridgehead atoms. The van der Waals surface area contributed by atoms with Crippen LogP contribution in [-0.4, -0.2) is 20.4 Å². The van der Waals surface area contributed by atoms with E-state index in [9.17, 15) is 0 Å². The fourth-order valence-corrected chi connectivity index (χ4v) is 0. The molecule has 0 amide bonds. The smallest absolute Gasteiger partial charge is 0.326 e. The van der Waals surface area contributed by atoms with Gasteiger partial charge in [-0.25, -0.2) is 0 Å². The van der Waals surface area contributed by atoms with Crippen molar-refractivity contribution in [3.63, 3.8) is 0 Å². The van der Waals surface area contributed by atoms with Crippen molar-refractivity contribution in [1.29, 1.82) is 0 Å². The maximum atomic E-state index is 8.87. The molecule has 4 heteroatoms. The van der Waals surface area contributed by atoms with Gasteiger partial charge >= 0.3 is 16.5 Å². The van der Waals surface area contributed by atoms with Crippen molar-refractivity contribution >= 4 is 16.5 Å². The van der Waals surface area contributed by atoms with Crippen LogP contribution >= 0.6 is 0 Å². The molecule has 0 saturated heterocycles. The molecule has 0 radical (unpaired) electrons. The first-order chi connectivity index (χ1) is 1.73. The molecule has 0 aromatic rings. The van der Waals surface area contributed by atoms with Crippen LogP contribution in [0, 0.1) is 10.1 Å². The second kappa shape index (κ2) is 3.93. The molecule has 30 valence electrons. The molecule has 0 heterocycles. The molecule has 0 aliphatic heterocycles. The van der Waals surface area contributed by atoms with Crippen LogP contribution in [-0.2, 0) is 0 Å². The highest BCUT2D eigenvalue weighted by Gasteiger charge is 1.67. The third-order valence-corrected chi connectivity index (χ3v) is 0. The molecule has 0 unspecified atom stereocenters. The monoisotopic (exact) mass is 91.0 g/mol. The van der Waals surface area contributed by atoms with Crippen LogP contribution in [0.5, 0.6) is 0 Å². The van der Waals surface area contributed by atoms with Crippen LogP contribution in [0.15, 0.2) is 0 Å². The summed E-state index contributed by atoms with van der Waals surface area (Å²) < 4.78 is -0.361. The molecule has 0 fully saturated rings. The van der Waals surface area contributed by atoms with E-state index < -0.39 is 0 Å². The van der Waals surface area contributed by atoms with Crippen molar-refractivity contribution in [2.24, 2.45) is 0 Å². The van der Waals surface area contributed by atoms with Crippen LogP contribution < -0.4 is 0 Å². The average molecular weight is 91.0 g/mol. The van der Waals surface area contributed by atoms with Crippen molar-refractivity contribution in [1.82, 2.24) is 0 Å². The minimum Gasteiger partial charge on any atom is -0.326 e. The van der Waals surface area contributed by atoms with Gasteiger partial charge in [0.15, 0.2) is 0 Å². The van der Waals surface area contributed by atoms with Crippen molar-refractivity contribution in [2.75, 3.05) is 0 Å². The molecule has 0 aromatic heterocycles. The Labute approximate surface area is 38.8 Å². The van der Waals surface area contributed by atoms with Gasteiger partial charge in [-0.3, -0.25) is 0 Å². The van der Waals surface area contributed by atoms with Gasteiger partial charge in [-0.05, 0) is 0 Å². The van der Waals surface area contributed by atoms with Crippen molar-refractivity contribution in [3.05, 3.63) is 10.1 Å². The van der Waals surface area contributed by atoms with E-state index >= 15 is 0 Å². The van der Waals surface area contributed by atoms with Crippen molar-refractivity contribution in [3.8, 4) is 0 Å². The summed E-state index contributed by atoms with van der Waals surface area (Å²) in [6, 6.07) is 0. The summed E-state index contributed by atoms with van der Waals surface area (Å²) in [4.78, 5) is 8.87. The zero-order chi connectivity index (χ0) is 3.58. The second-order valence-corrected chi connectivity index (χ2v) is 1.17. The predicted molar refractivity (Wildman–Crippen MR) is 22.3 cm³/mol. The van der Waals surface area contributed by atoms with Gasteiger partial charge in [0.25, 0.3) is 0 Å². The van der Waals surface area contributed by atoms with E-state index in [2.05, 4.69) is 0 Å². The van der Waals surface area contributed by atoms with E-state index in [4.69, 9.17) is 10.1 Å². The van der Waals surface area contributed by atoms with Crippen LogP contribution in [0.2, 0.25) is 0 Å². The molecule has 5 heavy (non-hydrogen) atoms. The minimum absolute atomic E-state index is 0. The first-order valence-corrected chi connectivity index (χ1v) is 1.71. The molecule has 3 nitrogen and oxygen atoms in total. The second-order valence-electron chi connectivity index (χ2n) is 0.440. The summed E-state index contributed by atoms with van der Waals surface area (Å²) in [5, 5.41) is 8.87. The number of nitrogens with zero attached hydrogens (tertiary/aromatic N) is 1. The van der Waals surface area contributed by atoms with Gasteiger partial charge in [-0.15, -0.1) is 0 Å². The summed E-state index contributed by atoms with van der Waals surface area (Å²) in [7, 11) is 0. The maximum Gasteiger partial charge on any atom is 0.759 e. The number of rotatable bonds is 0. The standard InChI is InChI=1S/CH4.Al.NO2.2H/c;;2-1-3;;/h1H4;;;;. The Balaban J connectivity index is 0. The number of hydrogen-bond acceptors (Lipinski definition) is 2. The number of hydrogen-bond donors (Lipinski definition) is 0. The lowest BCUT2D eigenvalue weighted by molar-refractivity contribution is -0.312. The summed E-state index contributed by atoms with van der Waals surface area (Å²) in [6.07, 6.45) is 0. The Morgan fingerprint density at radius 1 is 1.80 bits per heavy atom. The maximum absolute atomic E-state index is 8.87. The van der Waals surface area contributed by atoms with E-state index in [0.717, 1.165) is 0 Å². The third kappa shape index (κ3) is 3220. The zero-order valence-electron chi connectivity index (χ0n) is 2.26. The van der Waals surface area contributed by atoms with Gasteiger partial charge < -0.3 is 10.1 Å². The molecule has 0 spiro atoms. The minimum atomic E-state index is -0.361. The van der Waals surface area contributed by atoms with Crippen LogP contribution in [0.25, 0.3) is 0 Å². The van der Waals surface area contributed by atoms with E-state index in [1.807, 2.05) is 0 Å². The van der Waals surface area contributed by atoms with Gasteiger partial charge in [-0.2, -0.15) is 3.91 Å². The lowest BCUT2D eigenvalue weighted by atomic mass is 12.0. The Morgan fingerprint density at radius 2 is 1.80 bits per heavy atom. The summed E-state index contributed by atoms with van der Waals surface area (Å²) in [5.41, 5.74) is 0. The lowest BCUT2D eigenvalue weighted by Crippen LogP contribution is -1.83. The predicted octanol–water partition coefficient (Wildman–Crippen LogP) is -0.553. The lowest BCUT2D eigenvalue weighted by Gasteiger charge is -1.68. The summed E-state index contributed by atoms with van der Waals surface area (Å²) in [6.45, 7) is 0. The molecular weight excluding hydrogens is 85.0 g/mol. The molecule has 0 rings (SSSR count). The quantitative estimate of drug-likeness (QED) is 0.228. The Bertz CT molecular complexity index is 32.6. The van der Waals surface area contributed by atoms with Gasteiger partial charge in [0.1, 0.15) is 0 Å². The van der Waals surface area contributed by atoms with E-state index in [1.165, 1.54) is 0 Å². The Morgan fingerprint density at radius 3 is 1.80 bits per heavy atom. The molecule has 0 aliphatic carbocycles. The van der Waals surface area contributed by atoms with Crippen LogP contribution in [0.3, 0.4) is 0 Å². The molecule has 0 N–H and O–H groups in total. The fourth-order valence-electron chi connectivity index (χ4n) is 0. The SMILES string of the molecule is C.O=[N+]([O-])[AlH2]. The first-order valence-electron chi connectivity index (χ1n) is 0.812. The largest absolute Gasteiger partial charge is 0.759 e. The first kappa shape index (κ1) is 8.87. The van der Waals surface area contributed by atoms with E-state index in [1.54, 1.807) is 0 Å². The summed E-state index contributed by atoms with van der Waals surface area (Å²) in [5.74, 6) is 0. The van der Waals surface area contributed by atoms with Crippen molar-refractivity contribution in [2.45, 2.75) is 7.43 Å². The highest BCUT2D eigenvalue weighted by Crippen LogP contribution is 1.36. The molecule has 0 aliphatic rings. The van der Waals surface area contributed by atoms with Gasteiger partial charge in [0.2, 0.25) is 0 Å². The molecular formula is CH6AlNO2. The van der Waals surface area contributed by atoms with E-state index in [0.29, 0.717) is 0 Å². The normalized spacial score (nSPS) is 4.80. The summed E-state index contributed by atoms with van der Waals surface area (Å²) >= 11 is 0.0710. The van der Waals surface area contributed by atoms with Gasteiger partial charge in [0.05, 0.1) is 0 Å². The molecule has 0 aromatic carbocycles. The zero-order valence-corrected chi connectivity index (χ0v) is 4.26. The topological polar surface area (TPSA) is 43.1 Å². The average Bonchev–Trinajstić information content (AvgIpc) is 0.811.